The molecule has 3 fully saturated rings. The molecule has 1 aliphatic carbocycles. The van der Waals surface area contributed by atoms with E-state index in [0.717, 1.165) is 25.7 Å². The molecule has 2 unspecified atom stereocenters. The fourth-order valence-electron chi connectivity index (χ4n) is 4.00. The number of hydrogen-bond acceptors (Lipinski definition) is 3. The lowest BCUT2D eigenvalue weighted by Crippen LogP contribution is -2.70. The van der Waals surface area contributed by atoms with Gasteiger partial charge in [0.2, 0.25) is 5.91 Å². The molecule has 1 amide bonds. The van der Waals surface area contributed by atoms with E-state index in [4.69, 9.17) is 4.74 Å². The van der Waals surface area contributed by atoms with Gasteiger partial charge in [-0.1, -0.05) is 0 Å². The summed E-state index contributed by atoms with van der Waals surface area (Å²) in [6.07, 6.45) is 5.05. The molecule has 4 heteroatoms. The number of nitrogens with zero attached hydrogens (tertiary/aromatic N) is 1. The van der Waals surface area contributed by atoms with Gasteiger partial charge in [0, 0.05) is 19.8 Å². The number of amides is 1. The Kier molecular flexibility index (Phi) is 2.51. The predicted octanol–water partition coefficient (Wildman–Crippen LogP) is 1.28. The lowest BCUT2D eigenvalue weighted by molar-refractivity contribution is -0.198. The van der Waals surface area contributed by atoms with Gasteiger partial charge in [0.1, 0.15) is 5.78 Å². The summed E-state index contributed by atoms with van der Waals surface area (Å²) in [4.78, 5) is 25.6. The normalized spacial score (nSPS) is 41.0. The molecule has 2 saturated heterocycles. The second-order valence-corrected chi connectivity index (χ2v) is 5.60. The van der Waals surface area contributed by atoms with E-state index in [0.29, 0.717) is 19.4 Å². The number of piperidine rings is 1. The molecule has 4 nitrogen and oxygen atoms in total. The van der Waals surface area contributed by atoms with Crippen molar-refractivity contribution >= 4 is 11.7 Å². The van der Waals surface area contributed by atoms with E-state index in [-0.39, 0.29) is 29.4 Å². The number of carbonyl (C=O) groups excluding carboxylic acids is 2. The molecule has 2 heterocycles. The van der Waals surface area contributed by atoms with Crippen LogP contribution in [0, 0.1) is 0 Å². The fraction of sp³-hybridized carbons (Fsp3) is 0.846. The van der Waals surface area contributed by atoms with E-state index in [1.54, 1.807) is 6.92 Å². The van der Waals surface area contributed by atoms with Crippen LogP contribution in [-0.4, -0.2) is 40.9 Å². The van der Waals surface area contributed by atoms with E-state index >= 15 is 0 Å². The van der Waals surface area contributed by atoms with Gasteiger partial charge in [-0.05, 0) is 25.7 Å². The Hall–Kier alpha value is -0.900. The summed E-state index contributed by atoms with van der Waals surface area (Å²) < 4.78 is 5.88. The Morgan fingerprint density at radius 1 is 1.47 bits per heavy atom. The van der Waals surface area contributed by atoms with Crippen LogP contribution in [0.3, 0.4) is 0 Å². The number of morpholine rings is 1. The average Bonchev–Trinajstić information content (AvgIpc) is 2.29. The van der Waals surface area contributed by atoms with Gasteiger partial charge in [-0.2, -0.15) is 0 Å². The van der Waals surface area contributed by atoms with E-state index in [9.17, 15) is 9.59 Å². The number of fused-ring (bicyclic) bond motifs is 1. The fourth-order valence-corrected chi connectivity index (χ4v) is 4.00. The number of ketones is 1. The van der Waals surface area contributed by atoms with Crippen LogP contribution in [0.1, 0.15) is 45.4 Å². The molecule has 3 atom stereocenters. The SMILES string of the molecule is CC(=O)N1C2CCCC13CCC(=O)C[C@@H]3OC2. The van der Waals surface area contributed by atoms with Crippen molar-refractivity contribution in [2.45, 2.75) is 63.1 Å². The summed E-state index contributed by atoms with van der Waals surface area (Å²) in [5, 5.41) is 0. The standard InChI is InChI=1S/C13H19NO3/c1-9(15)14-10-3-2-5-13(14)6-4-11(16)7-12(13)17-8-10/h10,12H,2-8H2,1H3/t10?,12-,13?/m0/s1. The highest BCUT2D eigenvalue weighted by Gasteiger charge is 2.55. The summed E-state index contributed by atoms with van der Waals surface area (Å²) in [6, 6.07) is 0.241. The average molecular weight is 237 g/mol. The number of hydrogen-bond donors (Lipinski definition) is 0. The maximum atomic E-state index is 11.9. The maximum Gasteiger partial charge on any atom is 0.220 e. The quantitative estimate of drug-likeness (QED) is 0.637. The highest BCUT2D eigenvalue weighted by atomic mass is 16.5. The smallest absolute Gasteiger partial charge is 0.220 e. The van der Waals surface area contributed by atoms with Crippen molar-refractivity contribution < 1.29 is 14.3 Å². The van der Waals surface area contributed by atoms with Gasteiger partial charge in [-0.25, -0.2) is 0 Å². The van der Waals surface area contributed by atoms with Crippen LogP contribution in [0.25, 0.3) is 0 Å². The van der Waals surface area contributed by atoms with Gasteiger partial charge in [0.05, 0.1) is 24.3 Å². The molecule has 3 rings (SSSR count). The van der Waals surface area contributed by atoms with Crippen molar-refractivity contribution in [1.82, 2.24) is 4.90 Å². The molecule has 0 aromatic heterocycles. The van der Waals surface area contributed by atoms with Gasteiger partial charge in [-0.15, -0.1) is 0 Å². The predicted molar refractivity (Wildman–Crippen MR) is 61.5 cm³/mol. The minimum atomic E-state index is -0.166. The van der Waals surface area contributed by atoms with Gasteiger partial charge in [0.15, 0.2) is 0 Å². The first-order chi connectivity index (χ1) is 8.13. The Morgan fingerprint density at radius 3 is 3.06 bits per heavy atom. The lowest BCUT2D eigenvalue weighted by Gasteiger charge is -2.59. The summed E-state index contributed by atoms with van der Waals surface area (Å²) in [7, 11) is 0. The number of Topliss-reactive ketones (excluding diaryl/α,β-unsaturated/α-hetero) is 1. The van der Waals surface area contributed by atoms with Crippen LogP contribution in [0.4, 0.5) is 0 Å². The summed E-state index contributed by atoms with van der Waals surface area (Å²) in [5.41, 5.74) is -0.166. The molecule has 3 aliphatic rings. The largest absolute Gasteiger partial charge is 0.373 e. The molecule has 0 N–H and O–H groups in total. The lowest BCUT2D eigenvalue weighted by atomic mass is 9.69. The van der Waals surface area contributed by atoms with Gasteiger partial charge in [-0.3, -0.25) is 9.59 Å². The highest BCUT2D eigenvalue weighted by Crippen LogP contribution is 2.46. The van der Waals surface area contributed by atoms with Gasteiger partial charge < -0.3 is 9.64 Å². The summed E-state index contributed by atoms with van der Waals surface area (Å²) >= 11 is 0. The first kappa shape index (κ1) is 11.2. The topological polar surface area (TPSA) is 46.6 Å². The third-order valence-corrected chi connectivity index (χ3v) is 4.67. The Bertz CT molecular complexity index is 368. The van der Waals surface area contributed by atoms with Crippen LogP contribution in [0.15, 0.2) is 0 Å². The zero-order valence-electron chi connectivity index (χ0n) is 10.3. The minimum absolute atomic E-state index is 0.0517. The Balaban J connectivity index is 1.98. The summed E-state index contributed by atoms with van der Waals surface area (Å²) in [6.45, 7) is 2.26. The molecule has 2 bridgehead atoms. The van der Waals surface area contributed by atoms with Crippen molar-refractivity contribution in [3.63, 3.8) is 0 Å². The van der Waals surface area contributed by atoms with Gasteiger partial charge >= 0.3 is 0 Å². The van der Waals surface area contributed by atoms with E-state index in [2.05, 4.69) is 4.90 Å². The van der Waals surface area contributed by atoms with Crippen molar-refractivity contribution in [2.75, 3.05) is 6.61 Å². The van der Waals surface area contributed by atoms with Crippen molar-refractivity contribution in [3.8, 4) is 0 Å². The number of carbonyl (C=O) groups is 2. The third kappa shape index (κ3) is 1.53. The highest BCUT2D eigenvalue weighted by molar-refractivity contribution is 5.82. The molecule has 1 saturated carbocycles. The zero-order valence-corrected chi connectivity index (χ0v) is 10.3. The molecule has 94 valence electrons. The van der Waals surface area contributed by atoms with Crippen molar-refractivity contribution in [3.05, 3.63) is 0 Å². The Morgan fingerprint density at radius 2 is 2.29 bits per heavy atom. The molecule has 1 spiro atoms. The minimum Gasteiger partial charge on any atom is -0.373 e. The third-order valence-electron chi connectivity index (χ3n) is 4.67. The molecule has 17 heavy (non-hydrogen) atoms. The first-order valence-electron chi connectivity index (χ1n) is 6.57. The van der Waals surface area contributed by atoms with Crippen LogP contribution in [0.5, 0.6) is 0 Å². The monoisotopic (exact) mass is 237 g/mol. The van der Waals surface area contributed by atoms with E-state index in [1.165, 1.54) is 0 Å². The molecule has 0 radical (unpaired) electrons. The zero-order chi connectivity index (χ0) is 12.0. The molecular formula is C13H19NO3. The molecule has 0 aromatic carbocycles. The van der Waals surface area contributed by atoms with E-state index < -0.39 is 0 Å². The van der Waals surface area contributed by atoms with Crippen LogP contribution < -0.4 is 0 Å². The van der Waals surface area contributed by atoms with Crippen molar-refractivity contribution in [2.24, 2.45) is 0 Å². The second kappa shape index (κ2) is 3.80. The molecule has 2 aliphatic heterocycles. The first-order valence-corrected chi connectivity index (χ1v) is 6.57. The number of rotatable bonds is 0. The van der Waals surface area contributed by atoms with Gasteiger partial charge in [0.25, 0.3) is 0 Å². The van der Waals surface area contributed by atoms with E-state index in [1.807, 2.05) is 0 Å². The Labute approximate surface area is 101 Å². The molecular weight excluding hydrogens is 218 g/mol. The number of ether oxygens (including phenoxy) is 1. The van der Waals surface area contributed by atoms with Crippen LogP contribution >= 0.6 is 0 Å². The van der Waals surface area contributed by atoms with Crippen LogP contribution in [-0.2, 0) is 14.3 Å². The second-order valence-electron chi connectivity index (χ2n) is 5.60. The maximum absolute atomic E-state index is 11.9. The summed E-state index contributed by atoms with van der Waals surface area (Å²) in [5.74, 6) is 0.436. The molecule has 0 aromatic rings. The van der Waals surface area contributed by atoms with Crippen LogP contribution in [0.2, 0.25) is 0 Å². The van der Waals surface area contributed by atoms with Crippen molar-refractivity contribution in [1.29, 1.82) is 0 Å².